The Labute approximate surface area is 82.1 Å². The van der Waals surface area contributed by atoms with Gasteiger partial charge in [-0.2, -0.15) is 0 Å². The fraction of sp³-hybridized carbons (Fsp3) is 0.400. The summed E-state index contributed by atoms with van der Waals surface area (Å²) in [5.41, 5.74) is 6.12. The first-order valence-electron chi connectivity index (χ1n) is 4.51. The summed E-state index contributed by atoms with van der Waals surface area (Å²) in [4.78, 5) is 0. The fourth-order valence-corrected chi connectivity index (χ4v) is 1.37. The molecule has 0 heterocycles. The molecule has 1 aromatic carbocycles. The molecule has 0 fully saturated rings. The summed E-state index contributed by atoms with van der Waals surface area (Å²) in [7, 11) is 1.77. The maximum absolute atomic E-state index is 12.9. The third kappa shape index (κ3) is 2.49. The van der Waals surface area contributed by atoms with Crippen molar-refractivity contribution in [3.8, 4) is 0 Å². The molecule has 1 atom stereocenters. The molecule has 1 aromatic rings. The monoisotopic (exact) mass is 200 g/mol. The van der Waals surface area contributed by atoms with Gasteiger partial charge in [-0.1, -0.05) is 6.07 Å². The van der Waals surface area contributed by atoms with E-state index in [1.807, 2.05) is 0 Å². The van der Waals surface area contributed by atoms with Crippen molar-refractivity contribution in [1.29, 1.82) is 0 Å². The van der Waals surface area contributed by atoms with Gasteiger partial charge in [-0.15, -0.1) is 0 Å². The standard InChI is InChI=1S/C10H14F2N2/c1-14-10(4-5-13)7-2-3-8(11)9(12)6-7/h2-3,6,10,14H,4-5,13H2,1H3. The lowest BCUT2D eigenvalue weighted by Gasteiger charge is -2.15. The summed E-state index contributed by atoms with van der Waals surface area (Å²) in [5.74, 6) is -1.64. The zero-order valence-corrected chi connectivity index (χ0v) is 8.06. The maximum atomic E-state index is 12.9. The second kappa shape index (κ2) is 5.02. The summed E-state index contributed by atoms with van der Waals surface area (Å²) in [5, 5.41) is 3.00. The Morgan fingerprint density at radius 2 is 2.07 bits per heavy atom. The molecule has 2 nitrogen and oxygen atoms in total. The van der Waals surface area contributed by atoms with Crippen molar-refractivity contribution in [2.45, 2.75) is 12.5 Å². The minimum absolute atomic E-state index is 0.0184. The lowest BCUT2D eigenvalue weighted by atomic mass is 10.0. The highest BCUT2D eigenvalue weighted by atomic mass is 19.2. The molecule has 0 aromatic heterocycles. The zero-order chi connectivity index (χ0) is 10.6. The molecule has 0 amide bonds. The highest BCUT2D eigenvalue weighted by Gasteiger charge is 2.10. The van der Waals surface area contributed by atoms with Crippen LogP contribution in [0.4, 0.5) is 8.78 Å². The number of halogens is 2. The topological polar surface area (TPSA) is 38.0 Å². The van der Waals surface area contributed by atoms with E-state index < -0.39 is 11.6 Å². The molecule has 1 unspecified atom stereocenters. The van der Waals surface area contributed by atoms with Crippen molar-refractivity contribution < 1.29 is 8.78 Å². The van der Waals surface area contributed by atoms with Gasteiger partial charge in [0.25, 0.3) is 0 Å². The van der Waals surface area contributed by atoms with Crippen molar-refractivity contribution in [2.75, 3.05) is 13.6 Å². The minimum Gasteiger partial charge on any atom is -0.330 e. The van der Waals surface area contributed by atoms with Gasteiger partial charge < -0.3 is 11.1 Å². The number of hydrogen-bond donors (Lipinski definition) is 2. The summed E-state index contributed by atoms with van der Waals surface area (Å²) in [6.45, 7) is 0.504. The maximum Gasteiger partial charge on any atom is 0.159 e. The molecule has 78 valence electrons. The van der Waals surface area contributed by atoms with Crippen LogP contribution in [0.3, 0.4) is 0 Å². The highest BCUT2D eigenvalue weighted by Crippen LogP contribution is 2.18. The number of nitrogens with one attached hydrogen (secondary N) is 1. The molecular formula is C10H14F2N2. The second-order valence-electron chi connectivity index (χ2n) is 3.09. The van der Waals surface area contributed by atoms with E-state index in [0.717, 1.165) is 11.6 Å². The average Bonchev–Trinajstić information content (AvgIpc) is 2.19. The first kappa shape index (κ1) is 11.1. The second-order valence-corrected chi connectivity index (χ2v) is 3.09. The van der Waals surface area contributed by atoms with Crippen molar-refractivity contribution in [3.05, 3.63) is 35.4 Å². The SMILES string of the molecule is CNC(CCN)c1ccc(F)c(F)c1. The molecular weight excluding hydrogens is 186 g/mol. The van der Waals surface area contributed by atoms with E-state index in [2.05, 4.69) is 5.32 Å². The highest BCUT2D eigenvalue weighted by molar-refractivity contribution is 5.21. The number of benzene rings is 1. The van der Waals surface area contributed by atoms with Gasteiger partial charge in [0.15, 0.2) is 11.6 Å². The van der Waals surface area contributed by atoms with Crippen molar-refractivity contribution in [1.82, 2.24) is 5.32 Å². The van der Waals surface area contributed by atoms with Crippen LogP contribution in [0, 0.1) is 11.6 Å². The third-order valence-corrected chi connectivity index (χ3v) is 2.15. The Bertz CT molecular complexity index is 302. The quantitative estimate of drug-likeness (QED) is 0.774. The van der Waals surface area contributed by atoms with Crippen LogP contribution in [-0.2, 0) is 0 Å². The Kier molecular flexibility index (Phi) is 3.98. The van der Waals surface area contributed by atoms with Crippen LogP contribution in [0.5, 0.6) is 0 Å². The predicted octanol–water partition coefficient (Wildman–Crippen LogP) is 1.57. The largest absolute Gasteiger partial charge is 0.330 e. The molecule has 0 aliphatic rings. The van der Waals surface area contributed by atoms with Crippen LogP contribution in [0.1, 0.15) is 18.0 Å². The van der Waals surface area contributed by atoms with Crippen LogP contribution in [0.25, 0.3) is 0 Å². The van der Waals surface area contributed by atoms with Crippen LogP contribution >= 0.6 is 0 Å². The van der Waals surface area contributed by atoms with Crippen molar-refractivity contribution in [3.63, 3.8) is 0 Å². The summed E-state index contributed by atoms with van der Waals surface area (Å²) >= 11 is 0. The molecule has 0 radical (unpaired) electrons. The summed E-state index contributed by atoms with van der Waals surface area (Å²) < 4.78 is 25.5. The van der Waals surface area contributed by atoms with E-state index >= 15 is 0 Å². The van der Waals surface area contributed by atoms with Crippen LogP contribution in [0.2, 0.25) is 0 Å². The summed E-state index contributed by atoms with van der Waals surface area (Å²) in [6, 6.07) is 3.88. The number of nitrogens with two attached hydrogens (primary N) is 1. The molecule has 1 rings (SSSR count). The van der Waals surface area contributed by atoms with E-state index in [0.29, 0.717) is 13.0 Å². The van der Waals surface area contributed by atoms with Crippen molar-refractivity contribution >= 4 is 0 Å². The molecule has 0 saturated carbocycles. The Balaban J connectivity index is 2.88. The minimum atomic E-state index is -0.823. The van der Waals surface area contributed by atoms with Gasteiger partial charge in [-0.3, -0.25) is 0 Å². The molecule has 0 saturated heterocycles. The first-order valence-corrected chi connectivity index (χ1v) is 4.51. The van der Waals surface area contributed by atoms with Crippen LogP contribution in [-0.4, -0.2) is 13.6 Å². The average molecular weight is 200 g/mol. The van der Waals surface area contributed by atoms with Crippen LogP contribution < -0.4 is 11.1 Å². The van der Waals surface area contributed by atoms with E-state index in [1.165, 1.54) is 6.07 Å². The lowest BCUT2D eigenvalue weighted by Crippen LogP contribution is -2.20. The molecule has 3 N–H and O–H groups in total. The van der Waals surface area contributed by atoms with E-state index in [-0.39, 0.29) is 6.04 Å². The Morgan fingerprint density at radius 1 is 1.36 bits per heavy atom. The molecule has 0 bridgehead atoms. The molecule has 4 heteroatoms. The normalized spacial score (nSPS) is 12.9. The van der Waals surface area contributed by atoms with Gasteiger partial charge in [-0.05, 0) is 37.7 Å². The smallest absolute Gasteiger partial charge is 0.159 e. The van der Waals surface area contributed by atoms with Crippen LogP contribution in [0.15, 0.2) is 18.2 Å². The predicted molar refractivity (Wildman–Crippen MR) is 51.8 cm³/mol. The van der Waals surface area contributed by atoms with Gasteiger partial charge in [0.2, 0.25) is 0 Å². The summed E-state index contributed by atoms with van der Waals surface area (Å²) in [6.07, 6.45) is 0.696. The fourth-order valence-electron chi connectivity index (χ4n) is 1.37. The molecule has 0 aliphatic heterocycles. The number of rotatable bonds is 4. The molecule has 0 spiro atoms. The van der Waals surface area contributed by atoms with Gasteiger partial charge in [-0.25, -0.2) is 8.78 Å². The lowest BCUT2D eigenvalue weighted by molar-refractivity contribution is 0.498. The first-order chi connectivity index (χ1) is 6.69. The Hall–Kier alpha value is -1.00. The van der Waals surface area contributed by atoms with Gasteiger partial charge in [0.1, 0.15) is 0 Å². The molecule has 14 heavy (non-hydrogen) atoms. The van der Waals surface area contributed by atoms with Gasteiger partial charge >= 0.3 is 0 Å². The van der Waals surface area contributed by atoms with E-state index in [4.69, 9.17) is 5.73 Å². The van der Waals surface area contributed by atoms with E-state index in [1.54, 1.807) is 13.1 Å². The van der Waals surface area contributed by atoms with Crippen molar-refractivity contribution in [2.24, 2.45) is 5.73 Å². The zero-order valence-electron chi connectivity index (χ0n) is 8.06. The van der Waals surface area contributed by atoms with Gasteiger partial charge in [0, 0.05) is 6.04 Å². The molecule has 0 aliphatic carbocycles. The third-order valence-electron chi connectivity index (χ3n) is 2.15. The van der Waals surface area contributed by atoms with Gasteiger partial charge in [0.05, 0.1) is 0 Å². The van der Waals surface area contributed by atoms with E-state index in [9.17, 15) is 8.78 Å². The number of hydrogen-bond acceptors (Lipinski definition) is 2. The Morgan fingerprint density at radius 3 is 2.57 bits per heavy atom.